The molecule has 0 aliphatic rings. The molecule has 0 atom stereocenters. The van der Waals surface area contributed by atoms with Crippen LogP contribution < -0.4 is 5.32 Å². The third kappa shape index (κ3) is 4.19. The predicted molar refractivity (Wildman–Crippen MR) is 86.5 cm³/mol. The number of halogens is 2. The molecule has 2 rings (SSSR count). The first kappa shape index (κ1) is 14.8. The van der Waals surface area contributed by atoms with E-state index in [4.69, 9.17) is 16.0 Å². The van der Waals surface area contributed by atoms with Crippen molar-refractivity contribution in [2.45, 2.75) is 19.8 Å². The fourth-order valence-corrected chi connectivity index (χ4v) is 2.51. The van der Waals surface area contributed by atoms with E-state index in [0.29, 0.717) is 5.02 Å². The van der Waals surface area contributed by atoms with Crippen molar-refractivity contribution in [1.82, 2.24) is 10.3 Å². The van der Waals surface area contributed by atoms with Crippen molar-refractivity contribution in [3.63, 3.8) is 0 Å². The molecule has 1 aromatic carbocycles. The monoisotopic (exact) mass is 390 g/mol. The van der Waals surface area contributed by atoms with Crippen molar-refractivity contribution >= 4 is 34.2 Å². The normalized spacial score (nSPS) is 10.9. The van der Waals surface area contributed by atoms with Crippen LogP contribution in [0, 0.1) is 3.57 Å². The highest BCUT2D eigenvalue weighted by Gasteiger charge is 2.10. The summed E-state index contributed by atoms with van der Waals surface area (Å²) >= 11 is 8.29. The van der Waals surface area contributed by atoms with Crippen LogP contribution in [0.4, 0.5) is 0 Å². The van der Waals surface area contributed by atoms with E-state index in [-0.39, 0.29) is 0 Å². The minimum absolute atomic E-state index is 0.706. The molecule has 0 amide bonds. The second-order valence-corrected chi connectivity index (χ2v) is 5.84. The van der Waals surface area contributed by atoms with E-state index < -0.39 is 0 Å². The molecule has 0 aliphatic heterocycles. The van der Waals surface area contributed by atoms with Crippen LogP contribution in [-0.4, -0.2) is 18.1 Å². The summed E-state index contributed by atoms with van der Waals surface area (Å²) < 4.78 is 6.88. The van der Waals surface area contributed by atoms with E-state index in [1.54, 1.807) is 6.20 Å². The number of nitrogens with one attached hydrogen (secondary N) is 1. The Morgan fingerprint density at radius 3 is 3.00 bits per heavy atom. The van der Waals surface area contributed by atoms with Crippen LogP contribution in [-0.2, 0) is 6.42 Å². The molecule has 0 bridgehead atoms. The molecule has 1 N–H and O–H groups in total. The third-order valence-electron chi connectivity index (χ3n) is 2.69. The third-order valence-corrected chi connectivity index (χ3v) is 3.87. The first-order chi connectivity index (χ1) is 9.20. The van der Waals surface area contributed by atoms with E-state index >= 15 is 0 Å². The van der Waals surface area contributed by atoms with Gasteiger partial charge in [0.2, 0.25) is 0 Å². The van der Waals surface area contributed by atoms with Crippen LogP contribution in [0.2, 0.25) is 5.02 Å². The smallest absolute Gasteiger partial charge is 0.196 e. The number of aromatic nitrogens is 1. The molecule has 1 heterocycles. The molecule has 0 spiro atoms. The minimum atomic E-state index is 0.706. The van der Waals surface area contributed by atoms with Crippen molar-refractivity contribution in [3.8, 4) is 11.3 Å². The number of hydrogen-bond donors (Lipinski definition) is 1. The number of hydrogen-bond acceptors (Lipinski definition) is 3. The van der Waals surface area contributed by atoms with Gasteiger partial charge in [-0.25, -0.2) is 4.98 Å². The molecule has 0 aliphatic carbocycles. The molecule has 1 aromatic heterocycles. The minimum Gasteiger partial charge on any atom is -0.441 e. The SMILES string of the molecule is CCCNCCc1ncc(-c2cc(Cl)ccc2I)o1. The molecule has 5 heteroatoms. The van der Waals surface area contributed by atoms with Gasteiger partial charge in [-0.3, -0.25) is 0 Å². The summed E-state index contributed by atoms with van der Waals surface area (Å²) in [7, 11) is 0. The van der Waals surface area contributed by atoms with Crippen LogP contribution in [0.3, 0.4) is 0 Å². The first-order valence-electron chi connectivity index (χ1n) is 6.31. The summed E-state index contributed by atoms with van der Waals surface area (Å²) in [5, 5.41) is 4.04. The van der Waals surface area contributed by atoms with Gasteiger partial charge in [0.1, 0.15) is 0 Å². The molecular formula is C14H16ClIN2O. The van der Waals surface area contributed by atoms with Gasteiger partial charge >= 0.3 is 0 Å². The lowest BCUT2D eigenvalue weighted by Gasteiger charge is -2.01. The van der Waals surface area contributed by atoms with E-state index in [1.807, 2.05) is 18.2 Å². The number of nitrogens with zero attached hydrogens (tertiary/aromatic N) is 1. The second kappa shape index (κ2) is 7.26. The fourth-order valence-electron chi connectivity index (χ4n) is 1.73. The van der Waals surface area contributed by atoms with Crippen molar-refractivity contribution in [2.24, 2.45) is 0 Å². The Morgan fingerprint density at radius 2 is 2.21 bits per heavy atom. The van der Waals surface area contributed by atoms with Gasteiger partial charge in [0.05, 0.1) is 6.20 Å². The zero-order chi connectivity index (χ0) is 13.7. The maximum atomic E-state index is 6.02. The molecule has 0 fully saturated rings. The van der Waals surface area contributed by atoms with Crippen molar-refractivity contribution in [1.29, 1.82) is 0 Å². The van der Waals surface area contributed by atoms with Gasteiger partial charge in [0.25, 0.3) is 0 Å². The molecule has 0 saturated carbocycles. The highest BCUT2D eigenvalue weighted by Crippen LogP contribution is 2.28. The van der Waals surface area contributed by atoms with Gasteiger partial charge in [0.15, 0.2) is 11.7 Å². The number of oxazole rings is 1. The van der Waals surface area contributed by atoms with Gasteiger partial charge in [0, 0.05) is 27.1 Å². The molecule has 0 unspecified atom stereocenters. The zero-order valence-corrected chi connectivity index (χ0v) is 13.7. The Hall–Kier alpha value is -0.590. The number of benzene rings is 1. The lowest BCUT2D eigenvalue weighted by Crippen LogP contribution is -2.17. The molecule has 19 heavy (non-hydrogen) atoms. The highest BCUT2D eigenvalue weighted by atomic mass is 127. The Morgan fingerprint density at radius 1 is 1.37 bits per heavy atom. The van der Waals surface area contributed by atoms with Gasteiger partial charge < -0.3 is 9.73 Å². The lowest BCUT2D eigenvalue weighted by molar-refractivity contribution is 0.495. The number of rotatable bonds is 6. The summed E-state index contributed by atoms with van der Waals surface area (Å²) in [6, 6.07) is 5.75. The van der Waals surface area contributed by atoms with Crippen molar-refractivity contribution < 1.29 is 4.42 Å². The Balaban J connectivity index is 2.06. The highest BCUT2D eigenvalue weighted by molar-refractivity contribution is 14.1. The lowest BCUT2D eigenvalue weighted by atomic mass is 10.2. The van der Waals surface area contributed by atoms with E-state index in [9.17, 15) is 0 Å². The first-order valence-corrected chi connectivity index (χ1v) is 7.77. The Bertz CT molecular complexity index is 542. The van der Waals surface area contributed by atoms with Crippen molar-refractivity contribution in [2.75, 3.05) is 13.1 Å². The molecule has 2 aromatic rings. The van der Waals surface area contributed by atoms with Crippen LogP contribution in [0.15, 0.2) is 28.8 Å². The Kier molecular flexibility index (Phi) is 5.66. The summed E-state index contributed by atoms with van der Waals surface area (Å²) in [6.45, 7) is 4.07. The van der Waals surface area contributed by atoms with Gasteiger partial charge in [-0.1, -0.05) is 18.5 Å². The Labute approximate surface area is 131 Å². The summed E-state index contributed by atoms with van der Waals surface area (Å²) in [6.07, 6.45) is 3.71. The van der Waals surface area contributed by atoms with Crippen LogP contribution in [0.25, 0.3) is 11.3 Å². The van der Waals surface area contributed by atoms with Crippen LogP contribution in [0.1, 0.15) is 19.2 Å². The summed E-state index contributed by atoms with van der Waals surface area (Å²) in [5.41, 5.74) is 0.994. The molecule has 0 radical (unpaired) electrons. The maximum absolute atomic E-state index is 6.02. The largest absolute Gasteiger partial charge is 0.441 e. The topological polar surface area (TPSA) is 38.1 Å². The van der Waals surface area contributed by atoms with Crippen LogP contribution in [0.5, 0.6) is 0 Å². The zero-order valence-electron chi connectivity index (χ0n) is 10.7. The molecular weight excluding hydrogens is 375 g/mol. The quantitative estimate of drug-likeness (QED) is 0.595. The summed E-state index contributed by atoms with van der Waals surface area (Å²) in [4.78, 5) is 4.31. The standard InChI is InChI=1S/C14H16ClIN2O/c1-2-6-17-7-5-14-18-9-13(19-14)11-8-10(15)3-4-12(11)16/h3-4,8-9,17H,2,5-7H2,1H3. The van der Waals surface area contributed by atoms with Crippen molar-refractivity contribution in [3.05, 3.63) is 38.9 Å². The van der Waals surface area contributed by atoms with E-state index in [2.05, 4.69) is 39.8 Å². The fraction of sp³-hybridized carbons (Fsp3) is 0.357. The molecule has 102 valence electrons. The molecule has 3 nitrogen and oxygen atoms in total. The average Bonchev–Trinajstić information content (AvgIpc) is 2.86. The summed E-state index contributed by atoms with van der Waals surface area (Å²) in [5.74, 6) is 1.53. The van der Waals surface area contributed by atoms with E-state index in [1.165, 1.54) is 0 Å². The molecule has 0 saturated heterocycles. The second-order valence-electron chi connectivity index (χ2n) is 4.24. The van der Waals surface area contributed by atoms with Gasteiger partial charge in [-0.15, -0.1) is 0 Å². The average molecular weight is 391 g/mol. The van der Waals surface area contributed by atoms with Crippen LogP contribution >= 0.6 is 34.2 Å². The maximum Gasteiger partial charge on any atom is 0.196 e. The van der Waals surface area contributed by atoms with Gasteiger partial charge in [-0.2, -0.15) is 0 Å². The predicted octanol–water partition coefficient (Wildman–Crippen LogP) is 4.14. The van der Waals surface area contributed by atoms with E-state index in [0.717, 1.165) is 46.7 Å². The van der Waals surface area contributed by atoms with Gasteiger partial charge in [-0.05, 0) is 53.8 Å².